The molecule has 1 heterocycles. The molecule has 3 rings (SSSR count). The average molecular weight is 279 g/mol. The van der Waals surface area contributed by atoms with Crippen LogP contribution in [0.1, 0.15) is 10.4 Å². The summed E-state index contributed by atoms with van der Waals surface area (Å²) in [7, 11) is 0. The van der Waals surface area contributed by atoms with E-state index in [0.717, 1.165) is 5.57 Å². The molecule has 0 radical (unpaired) electrons. The molecule has 0 saturated heterocycles. The van der Waals surface area contributed by atoms with Crippen LogP contribution in [0.15, 0.2) is 70.8 Å². The van der Waals surface area contributed by atoms with Crippen molar-refractivity contribution in [2.24, 2.45) is 4.99 Å². The second kappa shape index (κ2) is 5.81. The molecule has 1 aliphatic carbocycles. The van der Waals surface area contributed by atoms with E-state index in [2.05, 4.69) is 4.99 Å². The van der Waals surface area contributed by atoms with E-state index in [4.69, 9.17) is 4.74 Å². The number of hydrogen-bond acceptors (Lipinski definition) is 3. The molecule has 1 atom stereocenters. The molecule has 104 valence electrons. The van der Waals surface area contributed by atoms with Crippen molar-refractivity contribution >= 4 is 17.9 Å². The average Bonchev–Trinajstić information content (AvgIpc) is 2.54. The van der Waals surface area contributed by atoms with Crippen molar-refractivity contribution in [3.8, 4) is 0 Å². The van der Waals surface area contributed by atoms with Crippen LogP contribution in [0, 0.1) is 0 Å². The number of carbonyl (C=O) groups is 2. The highest BCUT2D eigenvalue weighted by molar-refractivity contribution is 6.08. The number of dihydropyridines is 1. The van der Waals surface area contributed by atoms with Crippen molar-refractivity contribution in [2.45, 2.75) is 6.10 Å². The summed E-state index contributed by atoms with van der Waals surface area (Å²) in [5.41, 5.74) is 1.89. The van der Waals surface area contributed by atoms with Crippen molar-refractivity contribution < 1.29 is 14.3 Å². The predicted octanol–water partition coefficient (Wildman–Crippen LogP) is 2.29. The lowest BCUT2D eigenvalue weighted by atomic mass is 9.93. The highest BCUT2D eigenvalue weighted by atomic mass is 16.5. The minimum atomic E-state index is -0.395. The van der Waals surface area contributed by atoms with E-state index >= 15 is 0 Å². The summed E-state index contributed by atoms with van der Waals surface area (Å²) in [6.45, 7) is -0.0328. The Morgan fingerprint density at radius 2 is 2.00 bits per heavy atom. The molecule has 4 nitrogen and oxygen atoms in total. The normalized spacial score (nSPS) is 19.8. The van der Waals surface area contributed by atoms with Gasteiger partial charge in [-0.1, -0.05) is 42.5 Å². The first-order chi connectivity index (χ1) is 10.3. The number of ether oxygens (including phenoxy) is 1. The zero-order valence-electron chi connectivity index (χ0n) is 11.2. The van der Waals surface area contributed by atoms with Crippen LogP contribution in [-0.4, -0.2) is 30.6 Å². The van der Waals surface area contributed by atoms with Crippen molar-refractivity contribution in [3.05, 3.63) is 71.3 Å². The van der Waals surface area contributed by atoms with Gasteiger partial charge in [0.1, 0.15) is 12.7 Å². The highest BCUT2D eigenvalue weighted by Crippen LogP contribution is 2.25. The third-order valence-electron chi connectivity index (χ3n) is 3.33. The number of carbonyl (C=O) groups excluding carboxylic acids is 2. The summed E-state index contributed by atoms with van der Waals surface area (Å²) >= 11 is 0. The maximum absolute atomic E-state index is 12.0. The molecule has 0 fully saturated rings. The number of nitrogens with zero attached hydrogens (tertiary/aromatic N) is 1. The fourth-order valence-electron chi connectivity index (χ4n) is 2.26. The lowest BCUT2D eigenvalue weighted by molar-refractivity contribution is -0.114. The molecule has 4 heteroatoms. The van der Waals surface area contributed by atoms with Crippen LogP contribution in [-0.2, 0) is 9.53 Å². The molecule has 0 saturated carbocycles. The Labute approximate surface area is 122 Å². The van der Waals surface area contributed by atoms with Gasteiger partial charge in [-0.3, -0.25) is 9.59 Å². The summed E-state index contributed by atoms with van der Waals surface area (Å²) in [5, 5.41) is 0. The third-order valence-corrected chi connectivity index (χ3v) is 3.33. The number of hydrogen-bond donors (Lipinski definition) is 0. The number of allylic oxidation sites excluding steroid dienone is 3. The molecule has 0 bridgehead atoms. The number of benzene rings is 1. The highest BCUT2D eigenvalue weighted by Gasteiger charge is 2.25. The smallest absolute Gasteiger partial charge is 0.277 e. The Balaban J connectivity index is 1.69. The summed E-state index contributed by atoms with van der Waals surface area (Å²) in [6.07, 6.45) is 8.10. The van der Waals surface area contributed by atoms with Gasteiger partial charge in [0.2, 0.25) is 0 Å². The molecule has 0 spiro atoms. The minimum absolute atomic E-state index is 0.0328. The molecule has 1 aliphatic heterocycles. The van der Waals surface area contributed by atoms with Gasteiger partial charge >= 0.3 is 0 Å². The lowest BCUT2D eigenvalue weighted by Crippen LogP contribution is -2.24. The number of Topliss-reactive ketones (excluding diaryl/α,β-unsaturated/α-hetero) is 1. The molecule has 1 aromatic carbocycles. The van der Waals surface area contributed by atoms with E-state index < -0.39 is 6.10 Å². The van der Waals surface area contributed by atoms with Crippen LogP contribution in [0.4, 0.5) is 0 Å². The summed E-state index contributed by atoms with van der Waals surface area (Å²) < 4.78 is 5.66. The second-order valence-corrected chi connectivity index (χ2v) is 4.69. The van der Waals surface area contributed by atoms with Gasteiger partial charge in [0.15, 0.2) is 5.78 Å². The molecule has 2 aliphatic rings. The Morgan fingerprint density at radius 3 is 2.81 bits per heavy atom. The zero-order chi connectivity index (χ0) is 14.7. The van der Waals surface area contributed by atoms with Crippen LogP contribution < -0.4 is 0 Å². The topological polar surface area (TPSA) is 55.7 Å². The maximum Gasteiger partial charge on any atom is 0.277 e. The number of rotatable bonds is 4. The molecular formula is C17H13NO3. The summed E-state index contributed by atoms with van der Waals surface area (Å²) in [6, 6.07) is 8.99. The van der Waals surface area contributed by atoms with E-state index in [1.165, 1.54) is 6.21 Å². The van der Waals surface area contributed by atoms with Crippen molar-refractivity contribution in [1.82, 2.24) is 0 Å². The van der Waals surface area contributed by atoms with Gasteiger partial charge in [-0.2, -0.15) is 0 Å². The maximum atomic E-state index is 12.0. The van der Waals surface area contributed by atoms with Gasteiger partial charge in [-0.15, -0.1) is 0 Å². The Bertz CT molecular complexity index is 696. The second-order valence-electron chi connectivity index (χ2n) is 4.69. The van der Waals surface area contributed by atoms with Gasteiger partial charge in [0, 0.05) is 17.4 Å². The largest absolute Gasteiger partial charge is 0.361 e. The van der Waals surface area contributed by atoms with E-state index in [1.54, 1.807) is 30.4 Å². The standard InChI is InChI=1S/C17H13NO3/c19-15(12-5-2-1-3-6-12)11-21-16-8-4-7-14-13(16)9-10-18-17(14)20/h1-10,16H,11H2. The quantitative estimate of drug-likeness (QED) is 0.795. The van der Waals surface area contributed by atoms with Gasteiger partial charge in [0.25, 0.3) is 5.91 Å². The fourth-order valence-corrected chi connectivity index (χ4v) is 2.26. The van der Waals surface area contributed by atoms with Gasteiger partial charge in [-0.25, -0.2) is 4.99 Å². The minimum Gasteiger partial charge on any atom is -0.361 e. The Morgan fingerprint density at radius 1 is 1.19 bits per heavy atom. The van der Waals surface area contributed by atoms with Gasteiger partial charge < -0.3 is 4.74 Å². The summed E-state index contributed by atoms with van der Waals surface area (Å²) in [4.78, 5) is 27.4. The van der Waals surface area contributed by atoms with E-state index in [1.807, 2.05) is 24.3 Å². The first-order valence-electron chi connectivity index (χ1n) is 6.63. The molecule has 0 N–H and O–H groups in total. The molecule has 1 unspecified atom stereocenters. The van der Waals surface area contributed by atoms with Gasteiger partial charge in [-0.05, 0) is 17.7 Å². The fraction of sp³-hybridized carbons (Fsp3) is 0.118. The van der Waals surface area contributed by atoms with Crippen molar-refractivity contribution in [3.63, 3.8) is 0 Å². The monoisotopic (exact) mass is 279 g/mol. The Kier molecular flexibility index (Phi) is 3.71. The summed E-state index contributed by atoms with van der Waals surface area (Å²) in [5.74, 6) is -0.364. The number of ketones is 1. The number of amides is 1. The first-order valence-corrected chi connectivity index (χ1v) is 6.63. The van der Waals surface area contributed by atoms with Crippen LogP contribution in [0.25, 0.3) is 0 Å². The molecule has 1 amide bonds. The lowest BCUT2D eigenvalue weighted by Gasteiger charge is -2.22. The van der Waals surface area contributed by atoms with Crippen LogP contribution in [0.5, 0.6) is 0 Å². The Hall–Kier alpha value is -2.59. The first kappa shape index (κ1) is 13.4. The molecular weight excluding hydrogens is 266 g/mol. The molecule has 21 heavy (non-hydrogen) atoms. The van der Waals surface area contributed by atoms with Gasteiger partial charge in [0.05, 0.1) is 0 Å². The van der Waals surface area contributed by atoms with Crippen LogP contribution in [0.3, 0.4) is 0 Å². The molecule has 1 aromatic rings. The predicted molar refractivity (Wildman–Crippen MR) is 79.3 cm³/mol. The third kappa shape index (κ3) is 2.80. The molecule has 0 aromatic heterocycles. The van der Waals surface area contributed by atoms with E-state index in [-0.39, 0.29) is 18.3 Å². The number of fused-ring (bicyclic) bond motifs is 1. The zero-order valence-corrected chi connectivity index (χ0v) is 11.2. The van der Waals surface area contributed by atoms with Crippen LogP contribution >= 0.6 is 0 Å². The van der Waals surface area contributed by atoms with Crippen molar-refractivity contribution in [2.75, 3.05) is 6.61 Å². The van der Waals surface area contributed by atoms with Crippen LogP contribution in [0.2, 0.25) is 0 Å². The SMILES string of the molecule is O=C1N=CC=C2C1=CC=CC2OCC(=O)c1ccccc1. The number of aliphatic imine (C=N–C) groups is 1. The van der Waals surface area contributed by atoms with E-state index in [0.29, 0.717) is 11.1 Å². The van der Waals surface area contributed by atoms with E-state index in [9.17, 15) is 9.59 Å². The van der Waals surface area contributed by atoms with Crippen molar-refractivity contribution in [1.29, 1.82) is 0 Å².